The van der Waals surface area contributed by atoms with E-state index in [9.17, 15) is 4.79 Å². The fraction of sp³-hybridized carbons (Fsp3) is 0.533. The van der Waals surface area contributed by atoms with Crippen molar-refractivity contribution in [3.63, 3.8) is 0 Å². The van der Waals surface area contributed by atoms with Crippen LogP contribution in [0.1, 0.15) is 31.4 Å². The van der Waals surface area contributed by atoms with Crippen LogP contribution in [0.4, 0.5) is 0 Å². The molecular weight excluding hydrogens is 268 g/mol. The second-order valence-corrected chi connectivity index (χ2v) is 5.26. The summed E-state index contributed by atoms with van der Waals surface area (Å²) in [5.41, 5.74) is 2.06. The number of amides is 1. The molecule has 0 saturated carbocycles. The highest BCUT2D eigenvalue weighted by Crippen LogP contribution is 2.27. The Bertz CT molecular complexity index is 617. The van der Waals surface area contributed by atoms with Crippen LogP contribution in [0, 0.1) is 0 Å². The maximum Gasteiger partial charge on any atom is 0.248 e. The fourth-order valence-corrected chi connectivity index (χ4v) is 2.87. The summed E-state index contributed by atoms with van der Waals surface area (Å²) in [7, 11) is 0. The van der Waals surface area contributed by atoms with Gasteiger partial charge in [0, 0.05) is 43.6 Å². The highest BCUT2D eigenvalue weighted by Gasteiger charge is 2.25. The molecule has 2 aromatic rings. The van der Waals surface area contributed by atoms with E-state index in [1.54, 1.807) is 6.20 Å². The minimum Gasteiger partial charge on any atom is -0.372 e. The van der Waals surface area contributed by atoms with Gasteiger partial charge in [-0.25, -0.2) is 9.50 Å². The van der Waals surface area contributed by atoms with Gasteiger partial charge in [-0.2, -0.15) is 5.10 Å². The van der Waals surface area contributed by atoms with Crippen LogP contribution in [0.5, 0.6) is 0 Å². The van der Waals surface area contributed by atoms with Crippen LogP contribution in [-0.4, -0.2) is 51.7 Å². The lowest BCUT2D eigenvalue weighted by molar-refractivity contribution is -0.137. The monoisotopic (exact) mass is 288 g/mol. The molecule has 0 aromatic carbocycles. The summed E-state index contributed by atoms with van der Waals surface area (Å²) in [6, 6.07) is 3.94. The minimum absolute atomic E-state index is 0.0919. The SMILES string of the molecule is CCOCC(=O)N1CCC(c2ccnc3ccnn23)CC1. The van der Waals surface area contributed by atoms with E-state index >= 15 is 0 Å². The third-order valence-corrected chi connectivity index (χ3v) is 4.02. The van der Waals surface area contributed by atoms with Gasteiger partial charge in [-0.3, -0.25) is 4.79 Å². The van der Waals surface area contributed by atoms with Crippen molar-refractivity contribution >= 4 is 11.6 Å². The van der Waals surface area contributed by atoms with E-state index in [1.165, 1.54) is 5.69 Å². The van der Waals surface area contributed by atoms with Crippen molar-refractivity contribution in [2.75, 3.05) is 26.3 Å². The van der Waals surface area contributed by atoms with Gasteiger partial charge in [-0.05, 0) is 25.8 Å². The lowest BCUT2D eigenvalue weighted by atomic mass is 9.93. The number of likely N-dealkylation sites (tertiary alicyclic amines) is 1. The molecule has 6 heteroatoms. The van der Waals surface area contributed by atoms with E-state index in [4.69, 9.17) is 4.74 Å². The van der Waals surface area contributed by atoms with E-state index in [0.29, 0.717) is 12.5 Å². The van der Waals surface area contributed by atoms with Crippen LogP contribution in [-0.2, 0) is 9.53 Å². The minimum atomic E-state index is 0.0919. The molecule has 1 fully saturated rings. The molecule has 1 aliphatic rings. The van der Waals surface area contributed by atoms with E-state index in [1.807, 2.05) is 34.7 Å². The number of nitrogens with zero attached hydrogens (tertiary/aromatic N) is 4. The summed E-state index contributed by atoms with van der Waals surface area (Å²) in [5.74, 6) is 0.515. The Morgan fingerprint density at radius 3 is 2.90 bits per heavy atom. The summed E-state index contributed by atoms with van der Waals surface area (Å²) in [6.45, 7) is 4.23. The van der Waals surface area contributed by atoms with Gasteiger partial charge < -0.3 is 9.64 Å². The molecule has 0 atom stereocenters. The predicted octanol–water partition coefficient (Wildman–Crippen LogP) is 1.47. The first-order chi connectivity index (χ1) is 10.3. The van der Waals surface area contributed by atoms with Crippen molar-refractivity contribution in [1.82, 2.24) is 19.5 Å². The van der Waals surface area contributed by atoms with Crippen LogP contribution >= 0.6 is 0 Å². The molecule has 0 N–H and O–H groups in total. The van der Waals surface area contributed by atoms with Gasteiger partial charge in [-0.15, -0.1) is 0 Å². The zero-order valence-corrected chi connectivity index (χ0v) is 12.2. The predicted molar refractivity (Wildman–Crippen MR) is 78.0 cm³/mol. The van der Waals surface area contributed by atoms with Crippen molar-refractivity contribution in [2.24, 2.45) is 0 Å². The molecule has 0 radical (unpaired) electrons. The zero-order valence-electron chi connectivity index (χ0n) is 12.2. The van der Waals surface area contributed by atoms with Crippen LogP contribution in [0.25, 0.3) is 5.65 Å². The number of aromatic nitrogens is 3. The van der Waals surface area contributed by atoms with Gasteiger partial charge in [-0.1, -0.05) is 0 Å². The largest absolute Gasteiger partial charge is 0.372 e. The summed E-state index contributed by atoms with van der Waals surface area (Å²) < 4.78 is 7.10. The Labute approximate surface area is 123 Å². The zero-order chi connectivity index (χ0) is 14.7. The third kappa shape index (κ3) is 2.90. The van der Waals surface area contributed by atoms with Crippen LogP contribution < -0.4 is 0 Å². The summed E-state index contributed by atoms with van der Waals surface area (Å²) in [5, 5.41) is 4.34. The first-order valence-corrected chi connectivity index (χ1v) is 7.43. The second kappa shape index (κ2) is 6.22. The Morgan fingerprint density at radius 2 is 2.14 bits per heavy atom. The fourth-order valence-electron chi connectivity index (χ4n) is 2.87. The number of hydrogen-bond acceptors (Lipinski definition) is 4. The maximum absolute atomic E-state index is 11.9. The van der Waals surface area contributed by atoms with Crippen molar-refractivity contribution in [3.05, 3.63) is 30.2 Å². The molecule has 0 bridgehead atoms. The highest BCUT2D eigenvalue weighted by molar-refractivity contribution is 5.77. The van der Waals surface area contributed by atoms with Gasteiger partial charge in [0.1, 0.15) is 6.61 Å². The molecule has 0 unspecified atom stereocenters. The molecule has 3 rings (SSSR count). The van der Waals surface area contributed by atoms with Crippen molar-refractivity contribution in [3.8, 4) is 0 Å². The van der Waals surface area contributed by atoms with Crippen molar-refractivity contribution in [2.45, 2.75) is 25.7 Å². The van der Waals surface area contributed by atoms with E-state index in [-0.39, 0.29) is 12.5 Å². The number of rotatable bonds is 4. The van der Waals surface area contributed by atoms with Gasteiger partial charge in [0.15, 0.2) is 5.65 Å². The van der Waals surface area contributed by atoms with Crippen LogP contribution in [0.15, 0.2) is 24.5 Å². The molecule has 1 saturated heterocycles. The number of carbonyl (C=O) groups is 1. The quantitative estimate of drug-likeness (QED) is 0.855. The molecule has 0 spiro atoms. The lowest BCUT2D eigenvalue weighted by Crippen LogP contribution is -2.40. The molecule has 1 aliphatic heterocycles. The van der Waals surface area contributed by atoms with E-state index in [2.05, 4.69) is 10.1 Å². The van der Waals surface area contributed by atoms with Crippen LogP contribution in [0.2, 0.25) is 0 Å². The first kappa shape index (κ1) is 14.0. The number of piperidine rings is 1. The van der Waals surface area contributed by atoms with Crippen molar-refractivity contribution in [1.29, 1.82) is 0 Å². The highest BCUT2D eigenvalue weighted by atomic mass is 16.5. The average molecular weight is 288 g/mol. The third-order valence-electron chi connectivity index (χ3n) is 4.02. The van der Waals surface area contributed by atoms with Gasteiger partial charge >= 0.3 is 0 Å². The van der Waals surface area contributed by atoms with Gasteiger partial charge in [0.25, 0.3) is 0 Å². The summed E-state index contributed by atoms with van der Waals surface area (Å²) in [6.07, 6.45) is 5.51. The Hall–Kier alpha value is -1.95. The van der Waals surface area contributed by atoms with Crippen LogP contribution in [0.3, 0.4) is 0 Å². The molecule has 6 nitrogen and oxygen atoms in total. The Balaban J connectivity index is 1.66. The molecule has 1 amide bonds. The van der Waals surface area contributed by atoms with Crippen molar-refractivity contribution < 1.29 is 9.53 Å². The standard InChI is InChI=1S/C15H20N4O2/c1-2-21-11-15(20)18-9-5-12(6-10-18)13-3-7-16-14-4-8-17-19(13)14/h3-4,7-8,12H,2,5-6,9-11H2,1H3. The second-order valence-electron chi connectivity index (χ2n) is 5.26. The molecule has 112 valence electrons. The molecule has 2 aromatic heterocycles. The molecule has 3 heterocycles. The Kier molecular flexibility index (Phi) is 4.15. The number of hydrogen-bond donors (Lipinski definition) is 0. The first-order valence-electron chi connectivity index (χ1n) is 7.43. The normalized spacial score (nSPS) is 16.5. The topological polar surface area (TPSA) is 59.7 Å². The summed E-state index contributed by atoms with van der Waals surface area (Å²) >= 11 is 0. The number of carbonyl (C=O) groups excluding carboxylic acids is 1. The number of ether oxygens (including phenoxy) is 1. The van der Waals surface area contributed by atoms with E-state index in [0.717, 1.165) is 31.6 Å². The molecular formula is C15H20N4O2. The van der Waals surface area contributed by atoms with Gasteiger partial charge in [0.05, 0.1) is 6.20 Å². The smallest absolute Gasteiger partial charge is 0.248 e. The number of fused-ring (bicyclic) bond motifs is 1. The molecule has 0 aliphatic carbocycles. The lowest BCUT2D eigenvalue weighted by Gasteiger charge is -2.32. The maximum atomic E-state index is 11.9. The summed E-state index contributed by atoms with van der Waals surface area (Å²) in [4.78, 5) is 18.1. The van der Waals surface area contributed by atoms with E-state index < -0.39 is 0 Å². The Morgan fingerprint density at radius 1 is 1.33 bits per heavy atom. The molecule has 21 heavy (non-hydrogen) atoms. The van der Waals surface area contributed by atoms with Gasteiger partial charge in [0.2, 0.25) is 5.91 Å². The average Bonchev–Trinajstić information content (AvgIpc) is 3.01.